The van der Waals surface area contributed by atoms with Gasteiger partial charge in [0.05, 0.1) is 0 Å². The third kappa shape index (κ3) is 12.3. The van der Waals surface area contributed by atoms with Crippen molar-refractivity contribution in [3.8, 4) is 0 Å². The zero-order valence-corrected chi connectivity index (χ0v) is 10.3. The Labute approximate surface area is 89.1 Å². The summed E-state index contributed by atoms with van der Waals surface area (Å²) < 4.78 is 0. The Morgan fingerprint density at radius 2 is 1.38 bits per heavy atom. The molecule has 1 heteroatoms. The van der Waals surface area contributed by atoms with E-state index in [4.69, 9.17) is 11.6 Å². The fourth-order valence-electron chi connectivity index (χ4n) is 1.48. The molecule has 80 valence electrons. The molecule has 0 aliphatic heterocycles. The van der Waals surface area contributed by atoms with Crippen molar-refractivity contribution >= 4 is 11.6 Å². The zero-order chi connectivity index (χ0) is 10.2. The summed E-state index contributed by atoms with van der Waals surface area (Å²) in [5, 5.41) is 0. The van der Waals surface area contributed by atoms with Crippen molar-refractivity contribution in [2.24, 2.45) is 0 Å². The predicted molar refractivity (Wildman–Crippen MR) is 62.5 cm³/mol. The fraction of sp³-hybridized carbons (Fsp3) is 1.00. The van der Waals surface area contributed by atoms with E-state index in [1.165, 1.54) is 44.9 Å². The average molecular weight is 205 g/mol. The van der Waals surface area contributed by atoms with Gasteiger partial charge >= 0.3 is 0 Å². The van der Waals surface area contributed by atoms with E-state index >= 15 is 0 Å². The molecular formula is C12H25Cl. The van der Waals surface area contributed by atoms with Crippen molar-refractivity contribution in [1.29, 1.82) is 0 Å². The van der Waals surface area contributed by atoms with Gasteiger partial charge in [-0.25, -0.2) is 0 Å². The van der Waals surface area contributed by atoms with Crippen LogP contribution in [-0.2, 0) is 0 Å². The van der Waals surface area contributed by atoms with Gasteiger partial charge in [0.2, 0.25) is 0 Å². The minimum absolute atomic E-state index is 0.0238. The van der Waals surface area contributed by atoms with E-state index in [0.717, 1.165) is 6.42 Å². The van der Waals surface area contributed by atoms with Gasteiger partial charge in [-0.15, -0.1) is 11.6 Å². The van der Waals surface area contributed by atoms with Crippen molar-refractivity contribution < 1.29 is 0 Å². The molecule has 0 spiro atoms. The molecule has 1 aliphatic rings. The molecule has 0 bridgehead atoms. The zero-order valence-electron chi connectivity index (χ0n) is 9.53. The SMILES string of the molecule is C1CCCC1.CCCCC(C)(C)Cl. The van der Waals surface area contributed by atoms with Crippen molar-refractivity contribution in [3.63, 3.8) is 0 Å². The van der Waals surface area contributed by atoms with Gasteiger partial charge in [0, 0.05) is 4.87 Å². The summed E-state index contributed by atoms with van der Waals surface area (Å²) in [6, 6.07) is 0. The van der Waals surface area contributed by atoms with Gasteiger partial charge < -0.3 is 0 Å². The first kappa shape index (κ1) is 13.3. The van der Waals surface area contributed by atoms with Gasteiger partial charge in [0.25, 0.3) is 0 Å². The molecule has 1 saturated carbocycles. The molecule has 0 aromatic carbocycles. The third-order valence-corrected chi connectivity index (χ3v) is 2.56. The predicted octanol–water partition coefficient (Wildman–Crippen LogP) is 5.14. The Morgan fingerprint density at radius 3 is 1.54 bits per heavy atom. The number of halogens is 1. The molecule has 0 amide bonds. The van der Waals surface area contributed by atoms with Crippen LogP contribution >= 0.6 is 11.6 Å². The van der Waals surface area contributed by atoms with Gasteiger partial charge in [-0.05, 0) is 20.3 Å². The van der Waals surface area contributed by atoms with Crippen LogP contribution in [0.3, 0.4) is 0 Å². The van der Waals surface area contributed by atoms with Crippen LogP contribution < -0.4 is 0 Å². The lowest BCUT2D eigenvalue weighted by atomic mass is 10.1. The largest absolute Gasteiger partial charge is 0.120 e. The second-order valence-corrected chi connectivity index (χ2v) is 5.61. The maximum absolute atomic E-state index is 5.91. The first-order chi connectivity index (χ1) is 6.06. The van der Waals surface area contributed by atoms with E-state index in [2.05, 4.69) is 20.8 Å². The van der Waals surface area contributed by atoms with Crippen molar-refractivity contribution in [1.82, 2.24) is 0 Å². The molecule has 13 heavy (non-hydrogen) atoms. The smallest absolute Gasteiger partial charge is 0.0390 e. The molecule has 0 unspecified atom stereocenters. The van der Waals surface area contributed by atoms with Gasteiger partial charge in [0.1, 0.15) is 0 Å². The number of hydrogen-bond acceptors (Lipinski definition) is 0. The van der Waals surface area contributed by atoms with E-state index in [0.29, 0.717) is 0 Å². The molecule has 0 radical (unpaired) electrons. The molecule has 0 N–H and O–H groups in total. The summed E-state index contributed by atoms with van der Waals surface area (Å²) in [5.41, 5.74) is 0. The topological polar surface area (TPSA) is 0 Å². The highest BCUT2D eigenvalue weighted by Crippen LogP contribution is 2.19. The van der Waals surface area contributed by atoms with Crippen LogP contribution in [-0.4, -0.2) is 4.87 Å². The molecule has 0 aromatic heterocycles. The highest BCUT2D eigenvalue weighted by Gasteiger charge is 2.10. The van der Waals surface area contributed by atoms with Crippen LogP contribution in [0.25, 0.3) is 0 Å². The Bertz CT molecular complexity index is 90.6. The number of unbranched alkanes of at least 4 members (excludes halogenated alkanes) is 1. The van der Waals surface area contributed by atoms with Gasteiger partial charge in [0.15, 0.2) is 0 Å². The minimum Gasteiger partial charge on any atom is -0.120 e. The van der Waals surface area contributed by atoms with Gasteiger partial charge in [-0.1, -0.05) is 51.9 Å². The van der Waals surface area contributed by atoms with Gasteiger partial charge in [-0.2, -0.15) is 0 Å². The van der Waals surface area contributed by atoms with Crippen LogP contribution in [0.1, 0.15) is 72.1 Å². The molecule has 0 aromatic rings. The Hall–Kier alpha value is 0.290. The summed E-state index contributed by atoms with van der Waals surface area (Å²) in [6.07, 6.45) is 11.1. The Kier molecular flexibility index (Phi) is 7.84. The van der Waals surface area contributed by atoms with Crippen LogP contribution in [0.2, 0.25) is 0 Å². The fourth-order valence-corrected chi connectivity index (χ4v) is 1.61. The van der Waals surface area contributed by atoms with E-state index < -0.39 is 0 Å². The van der Waals surface area contributed by atoms with Gasteiger partial charge in [-0.3, -0.25) is 0 Å². The molecule has 1 aliphatic carbocycles. The monoisotopic (exact) mass is 204 g/mol. The van der Waals surface area contributed by atoms with E-state index in [1.807, 2.05) is 0 Å². The first-order valence-corrected chi connectivity index (χ1v) is 6.13. The Morgan fingerprint density at radius 1 is 1.00 bits per heavy atom. The normalized spacial score (nSPS) is 16.6. The Balaban J connectivity index is 0.000000243. The van der Waals surface area contributed by atoms with Crippen LogP contribution in [0, 0.1) is 0 Å². The van der Waals surface area contributed by atoms with E-state index in [-0.39, 0.29) is 4.87 Å². The maximum Gasteiger partial charge on any atom is 0.0390 e. The van der Waals surface area contributed by atoms with Crippen LogP contribution in [0.5, 0.6) is 0 Å². The number of alkyl halides is 1. The van der Waals surface area contributed by atoms with E-state index in [9.17, 15) is 0 Å². The standard InChI is InChI=1S/C7H15Cl.C5H10/c1-4-5-6-7(2,3)8;1-2-4-5-3-1/h4-6H2,1-3H3;1-5H2. The van der Waals surface area contributed by atoms with Crippen molar-refractivity contribution in [3.05, 3.63) is 0 Å². The lowest BCUT2D eigenvalue weighted by molar-refractivity contribution is 0.584. The van der Waals surface area contributed by atoms with Crippen LogP contribution in [0.4, 0.5) is 0 Å². The summed E-state index contributed by atoms with van der Waals surface area (Å²) in [5.74, 6) is 0. The highest BCUT2D eigenvalue weighted by atomic mass is 35.5. The molecule has 0 nitrogen and oxygen atoms in total. The number of rotatable bonds is 3. The van der Waals surface area contributed by atoms with Crippen LogP contribution in [0.15, 0.2) is 0 Å². The van der Waals surface area contributed by atoms with Crippen molar-refractivity contribution in [2.45, 2.75) is 77.0 Å². The third-order valence-electron chi connectivity index (χ3n) is 2.37. The summed E-state index contributed by atoms with van der Waals surface area (Å²) >= 11 is 5.91. The minimum atomic E-state index is 0.0238. The molecular weight excluding hydrogens is 180 g/mol. The lowest BCUT2D eigenvalue weighted by Gasteiger charge is -2.13. The average Bonchev–Trinajstić information content (AvgIpc) is 2.56. The second-order valence-electron chi connectivity index (χ2n) is 4.59. The highest BCUT2D eigenvalue weighted by molar-refractivity contribution is 6.23. The molecule has 0 atom stereocenters. The second kappa shape index (κ2) is 7.67. The molecule has 1 fully saturated rings. The summed E-state index contributed by atoms with van der Waals surface area (Å²) in [7, 11) is 0. The molecule has 0 heterocycles. The number of hydrogen-bond donors (Lipinski definition) is 0. The molecule has 0 saturated heterocycles. The van der Waals surface area contributed by atoms with E-state index in [1.54, 1.807) is 0 Å². The first-order valence-electron chi connectivity index (χ1n) is 5.75. The molecule has 1 rings (SSSR count). The summed E-state index contributed by atoms with van der Waals surface area (Å²) in [4.78, 5) is 0.0238. The lowest BCUT2D eigenvalue weighted by Crippen LogP contribution is -2.08. The maximum atomic E-state index is 5.91. The quantitative estimate of drug-likeness (QED) is 0.559. The van der Waals surface area contributed by atoms with Crippen molar-refractivity contribution in [2.75, 3.05) is 0 Å². The summed E-state index contributed by atoms with van der Waals surface area (Å²) in [6.45, 7) is 6.30.